The van der Waals surface area contributed by atoms with Crippen molar-refractivity contribution in [3.63, 3.8) is 0 Å². The molecular formula is C11H26N2O4. The Kier molecular flexibility index (Phi) is 12.1. The van der Waals surface area contributed by atoms with Crippen LogP contribution < -0.4 is 0 Å². The average molecular weight is 250 g/mol. The molecule has 1 saturated heterocycles. The third-order valence-electron chi connectivity index (χ3n) is 2.48. The lowest BCUT2D eigenvalue weighted by Gasteiger charge is -2.21. The van der Waals surface area contributed by atoms with Gasteiger partial charge in [0.1, 0.15) is 0 Å². The first-order valence-corrected chi connectivity index (χ1v) is 6.05. The van der Waals surface area contributed by atoms with Crippen molar-refractivity contribution in [2.24, 2.45) is 0 Å². The van der Waals surface area contributed by atoms with Crippen LogP contribution in [0.4, 0.5) is 0 Å². The fraction of sp³-hybridized carbons (Fsp3) is 1.00. The van der Waals surface area contributed by atoms with Crippen molar-refractivity contribution in [3.05, 3.63) is 0 Å². The normalized spacial score (nSPS) is 16.8. The molecule has 0 spiro atoms. The lowest BCUT2D eigenvalue weighted by atomic mass is 10.4. The predicted octanol–water partition coefficient (Wildman–Crippen LogP) is -1.79. The number of hydrogen-bond acceptors (Lipinski definition) is 6. The maximum absolute atomic E-state index is 8.48. The molecule has 1 heterocycles. The van der Waals surface area contributed by atoms with Gasteiger partial charge in [0.05, 0.1) is 33.0 Å². The highest BCUT2D eigenvalue weighted by Crippen LogP contribution is 1.89. The van der Waals surface area contributed by atoms with Crippen molar-refractivity contribution in [2.75, 3.05) is 72.8 Å². The fourth-order valence-corrected chi connectivity index (χ4v) is 1.41. The topological polar surface area (TPSA) is 76.4 Å². The molecule has 17 heavy (non-hydrogen) atoms. The molecule has 0 atom stereocenters. The Labute approximate surface area is 103 Å². The van der Waals surface area contributed by atoms with E-state index in [-0.39, 0.29) is 19.8 Å². The van der Waals surface area contributed by atoms with Crippen molar-refractivity contribution >= 4 is 0 Å². The highest BCUT2D eigenvalue weighted by molar-refractivity contribution is 4.54. The Morgan fingerprint density at radius 3 is 1.59 bits per heavy atom. The van der Waals surface area contributed by atoms with Gasteiger partial charge in [0.15, 0.2) is 0 Å². The quantitative estimate of drug-likeness (QED) is 0.517. The van der Waals surface area contributed by atoms with Crippen LogP contribution in [-0.4, -0.2) is 97.9 Å². The number of nitrogens with zero attached hydrogens (tertiary/aromatic N) is 2. The summed E-state index contributed by atoms with van der Waals surface area (Å²) in [6.07, 6.45) is 0. The minimum Gasteiger partial charge on any atom is -0.395 e. The summed E-state index contributed by atoms with van der Waals surface area (Å²) in [7, 11) is 2.11. The molecule has 0 unspecified atom stereocenters. The Bertz CT molecular complexity index is 140. The van der Waals surface area contributed by atoms with E-state index in [4.69, 9.17) is 20.1 Å². The van der Waals surface area contributed by atoms with E-state index >= 15 is 0 Å². The van der Waals surface area contributed by atoms with E-state index in [9.17, 15) is 0 Å². The molecule has 1 aliphatic heterocycles. The van der Waals surface area contributed by atoms with Gasteiger partial charge < -0.3 is 25.0 Å². The van der Waals surface area contributed by atoms with E-state index in [0.717, 1.165) is 26.3 Å². The molecule has 0 aromatic carbocycles. The van der Waals surface area contributed by atoms with Gasteiger partial charge in [-0.2, -0.15) is 0 Å². The molecule has 0 amide bonds. The number of hydrogen-bond donors (Lipinski definition) is 3. The first-order valence-electron chi connectivity index (χ1n) is 6.05. The lowest BCUT2D eigenvalue weighted by molar-refractivity contribution is 0.0503. The van der Waals surface area contributed by atoms with Crippen LogP contribution in [-0.2, 0) is 4.74 Å². The van der Waals surface area contributed by atoms with Crippen LogP contribution >= 0.6 is 0 Å². The third-order valence-corrected chi connectivity index (χ3v) is 2.48. The summed E-state index contributed by atoms with van der Waals surface area (Å²) < 4.78 is 5.10. The smallest absolute Gasteiger partial charge is 0.0594 e. The largest absolute Gasteiger partial charge is 0.395 e. The predicted molar refractivity (Wildman–Crippen MR) is 66.0 cm³/mol. The lowest BCUT2D eigenvalue weighted by Crippen LogP contribution is -2.32. The van der Waals surface area contributed by atoms with Crippen molar-refractivity contribution in [2.45, 2.75) is 0 Å². The standard InChI is InChI=1S/C6H15NO3.C5H11NO/c8-4-1-7(2-5-9)3-6-10;1-6-2-4-7-5-3-6/h8-10H,1-6H2;2-5H2,1H3. The monoisotopic (exact) mass is 250 g/mol. The van der Waals surface area contributed by atoms with Gasteiger partial charge in [-0.15, -0.1) is 0 Å². The summed E-state index contributed by atoms with van der Waals surface area (Å²) in [5.41, 5.74) is 0. The maximum Gasteiger partial charge on any atom is 0.0594 e. The molecule has 0 aromatic heterocycles. The Morgan fingerprint density at radius 1 is 0.941 bits per heavy atom. The zero-order valence-electron chi connectivity index (χ0n) is 10.7. The van der Waals surface area contributed by atoms with Gasteiger partial charge in [-0.3, -0.25) is 4.90 Å². The molecule has 0 radical (unpaired) electrons. The summed E-state index contributed by atoms with van der Waals surface area (Å²) in [4.78, 5) is 4.06. The molecule has 6 nitrogen and oxygen atoms in total. The molecule has 1 rings (SSSR count). The van der Waals surface area contributed by atoms with Crippen molar-refractivity contribution in [1.82, 2.24) is 9.80 Å². The number of likely N-dealkylation sites (N-methyl/N-ethyl adjacent to an activating group) is 1. The minimum atomic E-state index is 0.0694. The highest BCUT2D eigenvalue weighted by atomic mass is 16.5. The van der Waals surface area contributed by atoms with E-state index in [1.165, 1.54) is 0 Å². The number of ether oxygens (including phenoxy) is 1. The number of rotatable bonds is 6. The van der Waals surface area contributed by atoms with E-state index < -0.39 is 0 Å². The second-order valence-electron chi connectivity index (χ2n) is 3.93. The Morgan fingerprint density at radius 2 is 1.35 bits per heavy atom. The Hall–Kier alpha value is -0.240. The van der Waals surface area contributed by atoms with E-state index in [2.05, 4.69) is 11.9 Å². The van der Waals surface area contributed by atoms with Crippen LogP contribution in [0.2, 0.25) is 0 Å². The molecule has 1 fully saturated rings. The second-order valence-corrected chi connectivity index (χ2v) is 3.93. The molecule has 0 saturated carbocycles. The fourth-order valence-electron chi connectivity index (χ4n) is 1.41. The summed E-state index contributed by atoms with van der Waals surface area (Å²) in [5, 5.41) is 25.5. The number of aliphatic hydroxyl groups is 3. The van der Waals surface area contributed by atoms with Crippen LogP contribution in [0.1, 0.15) is 0 Å². The van der Waals surface area contributed by atoms with Crippen LogP contribution in [0.3, 0.4) is 0 Å². The zero-order chi connectivity index (χ0) is 12.9. The molecule has 1 aliphatic rings. The van der Waals surface area contributed by atoms with E-state index in [1.807, 2.05) is 0 Å². The van der Waals surface area contributed by atoms with Gasteiger partial charge in [-0.1, -0.05) is 0 Å². The molecule has 0 aliphatic carbocycles. The van der Waals surface area contributed by atoms with Crippen LogP contribution in [0.25, 0.3) is 0 Å². The van der Waals surface area contributed by atoms with Gasteiger partial charge >= 0.3 is 0 Å². The number of aliphatic hydroxyl groups excluding tert-OH is 3. The zero-order valence-corrected chi connectivity index (χ0v) is 10.7. The maximum atomic E-state index is 8.48. The summed E-state index contributed by atoms with van der Waals surface area (Å²) in [6, 6.07) is 0. The van der Waals surface area contributed by atoms with Gasteiger partial charge in [0.25, 0.3) is 0 Å². The van der Waals surface area contributed by atoms with Crippen molar-refractivity contribution in [1.29, 1.82) is 0 Å². The van der Waals surface area contributed by atoms with E-state index in [1.54, 1.807) is 4.90 Å². The molecule has 104 valence electrons. The molecule has 0 bridgehead atoms. The Balaban J connectivity index is 0.000000318. The van der Waals surface area contributed by atoms with Gasteiger partial charge in [0, 0.05) is 32.7 Å². The van der Waals surface area contributed by atoms with Crippen LogP contribution in [0, 0.1) is 0 Å². The summed E-state index contributed by atoms with van der Waals surface area (Å²) in [6.45, 7) is 5.77. The summed E-state index contributed by atoms with van der Waals surface area (Å²) in [5.74, 6) is 0. The summed E-state index contributed by atoms with van der Waals surface area (Å²) >= 11 is 0. The van der Waals surface area contributed by atoms with Crippen LogP contribution in [0.5, 0.6) is 0 Å². The SMILES string of the molecule is CN1CCOCC1.OCCN(CCO)CCO. The van der Waals surface area contributed by atoms with Gasteiger partial charge in [-0.25, -0.2) is 0 Å². The second kappa shape index (κ2) is 12.2. The van der Waals surface area contributed by atoms with Crippen molar-refractivity contribution in [3.8, 4) is 0 Å². The number of morpholine rings is 1. The molecule has 0 aromatic rings. The first kappa shape index (κ1) is 16.8. The molecule has 6 heteroatoms. The van der Waals surface area contributed by atoms with Gasteiger partial charge in [-0.05, 0) is 7.05 Å². The van der Waals surface area contributed by atoms with Crippen molar-refractivity contribution < 1.29 is 20.1 Å². The third kappa shape index (κ3) is 10.6. The molecule has 3 N–H and O–H groups in total. The minimum absolute atomic E-state index is 0.0694. The van der Waals surface area contributed by atoms with Crippen LogP contribution in [0.15, 0.2) is 0 Å². The highest BCUT2D eigenvalue weighted by Gasteiger charge is 2.02. The average Bonchev–Trinajstić information content (AvgIpc) is 2.32. The first-order chi connectivity index (χ1) is 8.24. The van der Waals surface area contributed by atoms with Gasteiger partial charge in [0.2, 0.25) is 0 Å². The van der Waals surface area contributed by atoms with E-state index in [0.29, 0.717) is 19.6 Å². The molecular weight excluding hydrogens is 224 g/mol.